The molecule has 30 heavy (non-hydrogen) atoms. The van der Waals surface area contributed by atoms with Crippen molar-refractivity contribution in [2.75, 3.05) is 0 Å². The smallest absolute Gasteiger partial charge is 0.248 e. The number of hydrogen-bond donors (Lipinski definition) is 2. The molecule has 0 saturated heterocycles. The topological polar surface area (TPSA) is 88.8 Å². The maximum atomic E-state index is 7.80. The monoisotopic (exact) mass is 432 g/mol. The molecule has 5 nitrogen and oxygen atoms in total. The second kappa shape index (κ2) is 11.5. The van der Waals surface area contributed by atoms with E-state index in [1.54, 1.807) is 0 Å². The molecule has 0 bridgehead atoms. The molecule has 3 N–H and O–H groups in total. The Morgan fingerprint density at radius 3 is 2.27 bits per heavy atom. The van der Waals surface area contributed by atoms with Crippen molar-refractivity contribution in [1.29, 1.82) is 5.41 Å². The molecular formula is C24H37ClN4O. The van der Waals surface area contributed by atoms with Crippen molar-refractivity contribution in [2.45, 2.75) is 96.3 Å². The molecule has 3 rings (SSSR count). The lowest BCUT2D eigenvalue weighted by molar-refractivity contribution is 0.485. The summed E-state index contributed by atoms with van der Waals surface area (Å²) in [7, 11) is 0. The molecule has 0 unspecified atom stereocenters. The number of nitrogens with one attached hydrogen (secondary N) is 1. The van der Waals surface area contributed by atoms with Gasteiger partial charge in [-0.1, -0.05) is 70.4 Å². The fourth-order valence-electron chi connectivity index (χ4n) is 3.94. The molecule has 2 aromatic rings. The molecular weight excluding hydrogens is 396 g/mol. The number of rotatable bonds is 13. The maximum absolute atomic E-state index is 7.80. The number of unbranched alkanes of at least 4 members (excludes halogenated alkanes) is 8. The van der Waals surface area contributed by atoms with Crippen LogP contribution in [-0.4, -0.2) is 16.0 Å². The van der Waals surface area contributed by atoms with Crippen LogP contribution in [0.4, 0.5) is 0 Å². The van der Waals surface area contributed by atoms with Gasteiger partial charge >= 0.3 is 0 Å². The Kier molecular flexibility index (Phi) is 9.35. The highest BCUT2D eigenvalue weighted by Crippen LogP contribution is 2.47. The Morgan fingerprint density at radius 2 is 1.67 bits per heavy atom. The molecule has 1 aromatic carbocycles. The van der Waals surface area contributed by atoms with Crippen LogP contribution >= 0.6 is 12.4 Å². The normalized spacial score (nSPS) is 14.3. The molecule has 166 valence electrons. The lowest BCUT2D eigenvalue weighted by Gasteiger charge is -2.08. The first kappa shape index (κ1) is 24.4. The zero-order chi connectivity index (χ0) is 20.7. The molecule has 0 spiro atoms. The Hall–Kier alpha value is -1.88. The summed E-state index contributed by atoms with van der Waals surface area (Å²) in [6.07, 6.45) is 14.8. The molecule has 0 radical (unpaired) electrons. The predicted octanol–water partition coefficient (Wildman–Crippen LogP) is 6.51. The van der Waals surface area contributed by atoms with E-state index < -0.39 is 5.41 Å². The van der Waals surface area contributed by atoms with E-state index in [-0.39, 0.29) is 18.2 Å². The van der Waals surface area contributed by atoms with Gasteiger partial charge in [0, 0.05) is 5.56 Å². The van der Waals surface area contributed by atoms with Crippen molar-refractivity contribution in [3.05, 3.63) is 35.2 Å². The fourth-order valence-corrected chi connectivity index (χ4v) is 3.94. The van der Waals surface area contributed by atoms with Crippen molar-refractivity contribution in [2.24, 2.45) is 5.73 Å². The Morgan fingerprint density at radius 1 is 1.03 bits per heavy atom. The highest BCUT2D eigenvalue weighted by atomic mass is 35.5. The number of aromatic nitrogens is 2. The molecule has 1 aliphatic carbocycles. The van der Waals surface area contributed by atoms with Gasteiger partial charge in [0.15, 0.2) is 0 Å². The minimum atomic E-state index is -0.507. The van der Waals surface area contributed by atoms with Gasteiger partial charge in [0.05, 0.1) is 0 Å². The average Bonchev–Trinajstić information content (AvgIpc) is 3.39. The van der Waals surface area contributed by atoms with Crippen molar-refractivity contribution >= 4 is 18.2 Å². The number of aryl methyl sites for hydroxylation is 2. The lowest BCUT2D eigenvalue weighted by atomic mass is 10.00. The molecule has 0 amide bonds. The lowest BCUT2D eigenvalue weighted by Crippen LogP contribution is -2.27. The summed E-state index contributed by atoms with van der Waals surface area (Å²) in [5, 5.41) is 16.3. The van der Waals surface area contributed by atoms with Crippen LogP contribution in [0.2, 0.25) is 0 Å². The minimum Gasteiger partial charge on any atom is -0.420 e. The van der Waals surface area contributed by atoms with E-state index in [0.29, 0.717) is 11.8 Å². The first-order valence-electron chi connectivity index (χ1n) is 11.3. The van der Waals surface area contributed by atoms with Crippen LogP contribution in [-0.2, 0) is 11.8 Å². The van der Waals surface area contributed by atoms with Crippen LogP contribution in [0.25, 0.3) is 11.5 Å². The Balaban J connectivity index is 0.00000320. The van der Waals surface area contributed by atoms with E-state index in [1.165, 1.54) is 63.4 Å². The molecule has 1 saturated carbocycles. The van der Waals surface area contributed by atoms with E-state index >= 15 is 0 Å². The van der Waals surface area contributed by atoms with Crippen molar-refractivity contribution in [1.82, 2.24) is 10.2 Å². The van der Waals surface area contributed by atoms with Gasteiger partial charge in [-0.3, -0.25) is 5.41 Å². The molecule has 1 fully saturated rings. The first-order chi connectivity index (χ1) is 14.1. The number of hydrogen-bond acceptors (Lipinski definition) is 4. The van der Waals surface area contributed by atoms with Crippen LogP contribution in [0.15, 0.2) is 22.6 Å². The predicted molar refractivity (Wildman–Crippen MR) is 125 cm³/mol. The highest BCUT2D eigenvalue weighted by Gasteiger charge is 2.52. The van der Waals surface area contributed by atoms with Crippen molar-refractivity contribution in [3.8, 4) is 11.5 Å². The van der Waals surface area contributed by atoms with Gasteiger partial charge in [0.25, 0.3) is 0 Å². The number of nitrogens with zero attached hydrogens (tertiary/aromatic N) is 2. The van der Waals surface area contributed by atoms with Crippen LogP contribution in [0.3, 0.4) is 0 Å². The standard InChI is InChI=1S/C24H36N4O.ClH/c1-3-4-5-6-7-8-9-10-11-12-19-14-13-18(2)20(17-19)21-27-28-23(29-21)24(15-16-24)22(25)26;/h13-14,17H,3-12,15-16H2,1-2H3,(H3,25,26);1H. The molecule has 0 aliphatic heterocycles. The maximum Gasteiger partial charge on any atom is 0.248 e. The summed E-state index contributed by atoms with van der Waals surface area (Å²) >= 11 is 0. The summed E-state index contributed by atoms with van der Waals surface area (Å²) in [6, 6.07) is 6.53. The number of halogens is 1. The zero-order valence-corrected chi connectivity index (χ0v) is 19.3. The van der Waals surface area contributed by atoms with E-state index in [0.717, 1.165) is 30.4 Å². The van der Waals surface area contributed by atoms with Gasteiger partial charge in [0.2, 0.25) is 11.8 Å². The largest absolute Gasteiger partial charge is 0.420 e. The van der Waals surface area contributed by atoms with Crippen molar-refractivity contribution < 1.29 is 4.42 Å². The van der Waals surface area contributed by atoms with Crippen LogP contribution in [0.1, 0.15) is 94.6 Å². The summed E-state index contributed by atoms with van der Waals surface area (Å²) < 4.78 is 5.95. The second-order valence-electron chi connectivity index (χ2n) is 8.64. The number of nitrogens with two attached hydrogens (primary N) is 1. The zero-order valence-electron chi connectivity index (χ0n) is 18.5. The first-order valence-corrected chi connectivity index (χ1v) is 11.3. The van der Waals surface area contributed by atoms with Gasteiger partial charge in [-0.05, 0) is 49.8 Å². The summed E-state index contributed by atoms with van der Waals surface area (Å²) in [5.41, 5.74) is 8.68. The van der Waals surface area contributed by atoms with Crippen LogP contribution in [0, 0.1) is 12.3 Å². The second-order valence-corrected chi connectivity index (χ2v) is 8.64. The molecule has 6 heteroatoms. The Labute approximate surface area is 187 Å². The SMILES string of the molecule is CCCCCCCCCCCc1ccc(C)c(-c2nnc(C3(C(=N)N)CC3)o2)c1.Cl. The van der Waals surface area contributed by atoms with E-state index in [1.807, 2.05) is 0 Å². The van der Waals surface area contributed by atoms with Gasteiger partial charge in [0.1, 0.15) is 11.3 Å². The molecule has 1 heterocycles. The molecule has 1 aromatic heterocycles. The quantitative estimate of drug-likeness (QED) is 0.214. The van der Waals surface area contributed by atoms with Gasteiger partial charge in [-0.25, -0.2) is 0 Å². The number of benzene rings is 1. The van der Waals surface area contributed by atoms with Gasteiger partial charge in [-0.15, -0.1) is 22.6 Å². The highest BCUT2D eigenvalue weighted by molar-refractivity contribution is 5.91. The Bertz CT molecular complexity index is 813. The average molecular weight is 433 g/mol. The van der Waals surface area contributed by atoms with Crippen LogP contribution in [0.5, 0.6) is 0 Å². The fraction of sp³-hybridized carbons (Fsp3) is 0.625. The summed E-state index contributed by atoms with van der Waals surface area (Å²) in [5.74, 6) is 1.16. The van der Waals surface area contributed by atoms with E-state index in [9.17, 15) is 0 Å². The summed E-state index contributed by atoms with van der Waals surface area (Å²) in [6.45, 7) is 4.34. The van der Waals surface area contributed by atoms with E-state index in [2.05, 4.69) is 42.2 Å². The molecule has 1 aliphatic rings. The minimum absolute atomic E-state index is 0. The molecule has 0 atom stereocenters. The van der Waals surface area contributed by atoms with Crippen LogP contribution < -0.4 is 5.73 Å². The van der Waals surface area contributed by atoms with Gasteiger partial charge in [-0.2, -0.15) is 0 Å². The third-order valence-corrected chi connectivity index (χ3v) is 6.20. The third-order valence-electron chi connectivity index (χ3n) is 6.20. The number of amidine groups is 1. The summed E-state index contributed by atoms with van der Waals surface area (Å²) in [4.78, 5) is 0. The third kappa shape index (κ3) is 6.07. The van der Waals surface area contributed by atoms with E-state index in [4.69, 9.17) is 15.6 Å². The van der Waals surface area contributed by atoms with Gasteiger partial charge < -0.3 is 10.2 Å². The van der Waals surface area contributed by atoms with Crippen molar-refractivity contribution in [3.63, 3.8) is 0 Å².